The van der Waals surface area contributed by atoms with E-state index >= 15 is 0 Å². The molecule has 0 aromatic heterocycles. The van der Waals surface area contributed by atoms with E-state index in [1.807, 2.05) is 30.3 Å². The zero-order chi connectivity index (χ0) is 47.9. The first-order chi connectivity index (χ1) is 32.6. The van der Waals surface area contributed by atoms with E-state index in [9.17, 15) is 34.5 Å². The fourth-order valence-corrected chi connectivity index (χ4v) is 11.6. The molecule has 4 aliphatic heterocycles. The fourth-order valence-electron chi connectivity index (χ4n) is 11.6. The van der Waals surface area contributed by atoms with Gasteiger partial charge in [-0.15, -0.1) is 0 Å². The Morgan fingerprint density at radius 3 is 2.16 bits per heavy atom. The third-order valence-corrected chi connectivity index (χ3v) is 15.3. The Bertz CT molecular complexity index is 2530. The number of morpholine rings is 1. The van der Waals surface area contributed by atoms with Gasteiger partial charge in [0, 0.05) is 99.2 Å². The van der Waals surface area contributed by atoms with E-state index in [0.717, 1.165) is 95.3 Å². The SMILES string of the molecule is CC1(C)C(NC(=O)c2ccc(N3CCC(CN(CCN4CCOCC4)C4CC(Oc5ccc6c(c5)C(=O)N([C@@H]5CCC(=O)NC5=O)C6=O)C4)CC3)cc2)C(C)(C)C1Oc1ccc(C#N)c(C#N)c1. The quantitative estimate of drug-likeness (QED) is 0.207. The summed E-state index contributed by atoms with van der Waals surface area (Å²) in [5.74, 6) is -0.687. The third-order valence-electron chi connectivity index (χ3n) is 15.3. The van der Waals surface area contributed by atoms with E-state index in [4.69, 9.17) is 14.2 Å². The second-order valence-corrected chi connectivity index (χ2v) is 20.4. The number of piperidine rings is 2. The number of rotatable bonds is 14. The summed E-state index contributed by atoms with van der Waals surface area (Å²) in [6.45, 7) is 16.4. The molecule has 0 radical (unpaired) electrons. The van der Waals surface area contributed by atoms with E-state index in [0.29, 0.717) is 34.6 Å². The molecule has 2 N–H and O–H groups in total. The van der Waals surface area contributed by atoms with E-state index in [-0.39, 0.29) is 53.7 Å². The smallest absolute Gasteiger partial charge is 0.262 e. The van der Waals surface area contributed by atoms with E-state index in [2.05, 4.69) is 59.1 Å². The standard InChI is InChI=1S/C52H60N8O8/c1-51(2)49(52(3,4)50(51)68-38-10-7-34(29-53)35(25-38)30-54)56-45(62)33-5-8-36(9-6-33)58-17-15-32(16-18-58)31-59(20-19-57-21-23-66-24-22-57)37-26-40(27-37)67-39-11-12-41-42(28-39)48(65)60(47(41)64)43-13-14-44(61)55-46(43)63/h5-12,25,28,32,37,40,43,49-50H,13-24,26-27,31H2,1-4H3,(H,56,62)(H,55,61,63)/t37?,40?,43-,49?,50?/m1/s1. The summed E-state index contributed by atoms with van der Waals surface area (Å²) in [7, 11) is 0. The Morgan fingerprint density at radius 2 is 1.49 bits per heavy atom. The van der Waals surface area contributed by atoms with Gasteiger partial charge >= 0.3 is 0 Å². The van der Waals surface area contributed by atoms with Gasteiger partial charge in [0.2, 0.25) is 11.8 Å². The molecule has 0 spiro atoms. The lowest BCUT2D eigenvalue weighted by atomic mass is 9.49. The second kappa shape index (κ2) is 19.0. The van der Waals surface area contributed by atoms with Crippen molar-refractivity contribution in [3.8, 4) is 23.6 Å². The molecule has 1 atom stereocenters. The number of nitrogens with one attached hydrogen (secondary N) is 2. The van der Waals surface area contributed by atoms with Crippen LogP contribution in [0.1, 0.15) is 108 Å². The lowest BCUT2D eigenvalue weighted by Gasteiger charge is -2.63. The van der Waals surface area contributed by atoms with Crippen molar-refractivity contribution < 1.29 is 38.2 Å². The number of carbonyl (C=O) groups excluding carboxylic acids is 5. The van der Waals surface area contributed by atoms with Gasteiger partial charge in [-0.05, 0) is 85.8 Å². The minimum absolute atomic E-state index is 0.0356. The number of benzene rings is 3. The molecule has 5 amide bonds. The van der Waals surface area contributed by atoms with Crippen LogP contribution in [0.25, 0.3) is 0 Å². The molecule has 3 aromatic rings. The van der Waals surface area contributed by atoms with Crippen molar-refractivity contribution in [1.82, 2.24) is 25.3 Å². The summed E-state index contributed by atoms with van der Waals surface area (Å²) in [4.78, 5) is 73.0. The van der Waals surface area contributed by atoms with Gasteiger partial charge in [0.05, 0.1) is 35.5 Å². The molecule has 3 aromatic carbocycles. The molecule has 3 saturated heterocycles. The van der Waals surface area contributed by atoms with Gasteiger partial charge in [-0.3, -0.25) is 44.0 Å². The first kappa shape index (κ1) is 46.8. The number of nitriles is 2. The number of amides is 5. The predicted octanol–water partition coefficient (Wildman–Crippen LogP) is 4.90. The third kappa shape index (κ3) is 9.17. The maximum atomic E-state index is 13.7. The highest BCUT2D eigenvalue weighted by Gasteiger charge is 2.64. The molecule has 5 fully saturated rings. The number of carbonyl (C=O) groups is 5. The summed E-state index contributed by atoms with van der Waals surface area (Å²) in [5, 5.41) is 24.4. The Kier molecular flexibility index (Phi) is 13.1. The van der Waals surface area contributed by atoms with Crippen LogP contribution in [0.3, 0.4) is 0 Å². The summed E-state index contributed by atoms with van der Waals surface area (Å²) in [6, 6.07) is 21.0. The molecule has 2 aliphatic carbocycles. The number of ether oxygens (including phenoxy) is 3. The van der Waals surface area contributed by atoms with Crippen molar-refractivity contribution in [2.75, 3.05) is 63.9 Å². The zero-order valence-corrected chi connectivity index (χ0v) is 39.3. The van der Waals surface area contributed by atoms with Crippen LogP contribution in [0, 0.1) is 39.4 Å². The van der Waals surface area contributed by atoms with Crippen LogP contribution in [0.2, 0.25) is 0 Å². The molecule has 0 unspecified atom stereocenters. The van der Waals surface area contributed by atoms with Crippen molar-refractivity contribution in [1.29, 1.82) is 10.5 Å². The first-order valence-electron chi connectivity index (χ1n) is 24.0. The van der Waals surface area contributed by atoms with Crippen molar-refractivity contribution in [2.24, 2.45) is 16.7 Å². The number of hydrogen-bond donors (Lipinski definition) is 2. The summed E-state index contributed by atoms with van der Waals surface area (Å²) < 4.78 is 18.4. The van der Waals surface area contributed by atoms with Gasteiger partial charge < -0.3 is 24.4 Å². The van der Waals surface area contributed by atoms with Gasteiger partial charge in [-0.1, -0.05) is 27.7 Å². The number of anilines is 1. The monoisotopic (exact) mass is 924 g/mol. The fraction of sp³-hybridized carbons (Fsp3) is 0.519. The number of imide groups is 2. The zero-order valence-electron chi connectivity index (χ0n) is 39.3. The molecule has 0 bridgehead atoms. The summed E-state index contributed by atoms with van der Waals surface area (Å²) in [6.07, 6.45) is 3.70. The van der Waals surface area contributed by atoms with E-state index < -0.39 is 40.5 Å². The molecule has 68 heavy (non-hydrogen) atoms. The van der Waals surface area contributed by atoms with Crippen molar-refractivity contribution in [3.05, 3.63) is 88.5 Å². The Labute approximate surface area is 397 Å². The maximum absolute atomic E-state index is 13.7. The van der Waals surface area contributed by atoms with E-state index in [1.54, 1.807) is 36.4 Å². The Morgan fingerprint density at radius 1 is 0.824 bits per heavy atom. The van der Waals surface area contributed by atoms with Crippen LogP contribution in [0.5, 0.6) is 11.5 Å². The van der Waals surface area contributed by atoms with Gasteiger partial charge in [0.1, 0.15) is 41.9 Å². The molecule has 4 heterocycles. The van der Waals surface area contributed by atoms with Crippen LogP contribution in [-0.4, -0.2) is 134 Å². The summed E-state index contributed by atoms with van der Waals surface area (Å²) in [5.41, 5.74) is 1.91. The molecule has 16 heteroatoms. The second-order valence-electron chi connectivity index (χ2n) is 20.4. The van der Waals surface area contributed by atoms with Gasteiger partial charge in [0.25, 0.3) is 17.7 Å². The van der Waals surface area contributed by atoms with Gasteiger partial charge in [0.15, 0.2) is 0 Å². The number of fused-ring (bicyclic) bond motifs is 1. The predicted molar refractivity (Wildman–Crippen MR) is 250 cm³/mol. The first-order valence-corrected chi connectivity index (χ1v) is 24.0. The minimum Gasteiger partial charge on any atom is -0.490 e. The maximum Gasteiger partial charge on any atom is 0.262 e. The average Bonchev–Trinajstić information content (AvgIpc) is 3.57. The molecule has 9 rings (SSSR count). The Balaban J connectivity index is 0.767. The van der Waals surface area contributed by atoms with Crippen molar-refractivity contribution in [2.45, 2.75) is 96.6 Å². The topological polar surface area (TPSA) is 198 Å². The van der Waals surface area contributed by atoms with Gasteiger partial charge in [-0.2, -0.15) is 10.5 Å². The normalized spacial score (nSPS) is 25.7. The van der Waals surface area contributed by atoms with Crippen LogP contribution < -0.4 is 25.0 Å². The molecule has 6 aliphatic rings. The summed E-state index contributed by atoms with van der Waals surface area (Å²) >= 11 is 0. The highest BCUT2D eigenvalue weighted by molar-refractivity contribution is 6.23. The number of hydrogen-bond acceptors (Lipinski definition) is 13. The van der Waals surface area contributed by atoms with Crippen molar-refractivity contribution >= 4 is 35.2 Å². The number of nitrogens with zero attached hydrogens (tertiary/aromatic N) is 6. The van der Waals surface area contributed by atoms with E-state index in [1.165, 1.54) is 0 Å². The molecular weight excluding hydrogens is 865 g/mol. The lowest BCUT2D eigenvalue weighted by molar-refractivity contribution is -0.164. The highest BCUT2D eigenvalue weighted by Crippen LogP contribution is 2.55. The van der Waals surface area contributed by atoms with Crippen LogP contribution >= 0.6 is 0 Å². The molecule has 356 valence electrons. The largest absolute Gasteiger partial charge is 0.490 e. The van der Waals surface area contributed by atoms with Crippen LogP contribution in [0.15, 0.2) is 60.7 Å². The van der Waals surface area contributed by atoms with Crippen LogP contribution in [-0.2, 0) is 14.3 Å². The van der Waals surface area contributed by atoms with Gasteiger partial charge in [-0.25, -0.2) is 0 Å². The molecule has 2 saturated carbocycles. The highest BCUT2D eigenvalue weighted by atomic mass is 16.5. The molecule has 16 nitrogen and oxygen atoms in total. The average molecular weight is 925 g/mol. The Hall–Kier alpha value is -6.33. The minimum atomic E-state index is -1.01. The molecular formula is C52H60N8O8. The van der Waals surface area contributed by atoms with Crippen molar-refractivity contribution in [3.63, 3.8) is 0 Å². The lowest BCUT2D eigenvalue weighted by Crippen LogP contribution is -2.74. The van der Waals surface area contributed by atoms with Crippen LogP contribution in [0.4, 0.5) is 5.69 Å².